The summed E-state index contributed by atoms with van der Waals surface area (Å²) in [7, 11) is 0. The van der Waals surface area contributed by atoms with Gasteiger partial charge in [0.2, 0.25) is 0 Å². The van der Waals surface area contributed by atoms with E-state index >= 15 is 0 Å². The SMILES string of the molecule is SC1CC2C3CC(OCC4(COC5CC6CC5C5CC(S)CC65)CCCCC4)C(C3)C2C1. The molecule has 0 radical (unpaired) electrons. The maximum Gasteiger partial charge on any atom is 0.0609 e. The van der Waals surface area contributed by atoms with Gasteiger partial charge in [0.05, 0.1) is 25.4 Å². The predicted octanol–water partition coefficient (Wildman–Crippen LogP) is 6.44. The van der Waals surface area contributed by atoms with E-state index in [4.69, 9.17) is 34.7 Å². The van der Waals surface area contributed by atoms with Gasteiger partial charge in [0.1, 0.15) is 0 Å². The van der Waals surface area contributed by atoms with Gasteiger partial charge in [0, 0.05) is 15.9 Å². The molecule has 12 unspecified atom stereocenters. The molecule has 0 aromatic heterocycles. The number of hydrogen-bond acceptors (Lipinski definition) is 4. The normalized spacial score (nSPS) is 54.9. The van der Waals surface area contributed by atoms with E-state index in [-0.39, 0.29) is 0 Å². The first-order valence-electron chi connectivity index (χ1n) is 14.2. The number of thiol groups is 2. The summed E-state index contributed by atoms with van der Waals surface area (Å²) in [6.45, 7) is 1.93. The molecule has 0 heterocycles. The van der Waals surface area contributed by atoms with Crippen molar-refractivity contribution in [2.75, 3.05) is 13.2 Å². The molecule has 180 valence electrons. The van der Waals surface area contributed by atoms with E-state index < -0.39 is 0 Å². The third-order valence-electron chi connectivity index (χ3n) is 11.9. The molecule has 2 nitrogen and oxygen atoms in total. The molecule has 0 aliphatic heterocycles. The first kappa shape index (κ1) is 21.9. The Hall–Kier alpha value is 0.620. The Morgan fingerprint density at radius 3 is 1.50 bits per heavy atom. The van der Waals surface area contributed by atoms with Crippen molar-refractivity contribution in [2.24, 2.45) is 52.8 Å². The quantitative estimate of drug-likeness (QED) is 0.430. The Bertz CT molecular complexity index is 656. The van der Waals surface area contributed by atoms with Gasteiger partial charge in [-0.25, -0.2) is 0 Å². The first-order chi connectivity index (χ1) is 15.6. The monoisotopic (exact) mass is 476 g/mol. The first-order valence-corrected chi connectivity index (χ1v) is 15.2. The standard InChI is InChI=1S/C28H44O2S2/c31-18-10-20-16-6-24(22(20)12-18)26(8-16)29-14-28(4-2-1-3-5-28)15-30-27-9-17-7-25(27)23-13-19(32)11-21(17)23/h16-27,31-32H,1-15H2. The fourth-order valence-corrected chi connectivity index (χ4v) is 11.5. The zero-order chi connectivity index (χ0) is 21.4. The molecule has 0 spiro atoms. The van der Waals surface area contributed by atoms with Crippen LogP contribution in [0.3, 0.4) is 0 Å². The van der Waals surface area contributed by atoms with E-state index in [0.29, 0.717) is 28.1 Å². The average molecular weight is 477 g/mol. The molecular formula is C28H44O2S2. The van der Waals surface area contributed by atoms with Gasteiger partial charge in [-0.3, -0.25) is 0 Å². The molecule has 0 saturated heterocycles. The lowest BCUT2D eigenvalue weighted by Gasteiger charge is -2.41. The van der Waals surface area contributed by atoms with Crippen molar-refractivity contribution in [2.45, 2.75) is 106 Å². The van der Waals surface area contributed by atoms with Crippen LogP contribution in [0.4, 0.5) is 0 Å². The number of fused-ring (bicyclic) bond motifs is 10. The minimum absolute atomic E-state index is 0.296. The second-order valence-corrected chi connectivity index (χ2v) is 14.9. The van der Waals surface area contributed by atoms with E-state index in [1.807, 2.05) is 0 Å². The van der Waals surface area contributed by atoms with Crippen molar-refractivity contribution in [3.05, 3.63) is 0 Å². The lowest BCUT2D eigenvalue weighted by Crippen LogP contribution is -2.41. The van der Waals surface area contributed by atoms with Crippen LogP contribution >= 0.6 is 25.3 Å². The summed E-state index contributed by atoms with van der Waals surface area (Å²) in [6, 6.07) is 0. The van der Waals surface area contributed by atoms with Crippen molar-refractivity contribution in [1.29, 1.82) is 0 Å². The van der Waals surface area contributed by atoms with Crippen molar-refractivity contribution >= 4 is 25.3 Å². The van der Waals surface area contributed by atoms with Crippen molar-refractivity contribution in [3.8, 4) is 0 Å². The molecule has 0 aromatic rings. The highest BCUT2D eigenvalue weighted by Crippen LogP contribution is 2.61. The molecule has 7 saturated carbocycles. The summed E-state index contributed by atoms with van der Waals surface area (Å²) in [5, 5.41) is 1.32. The number of rotatable bonds is 6. The molecule has 0 amide bonds. The largest absolute Gasteiger partial charge is 0.377 e. The lowest BCUT2D eigenvalue weighted by atomic mass is 9.74. The topological polar surface area (TPSA) is 18.5 Å². The minimum Gasteiger partial charge on any atom is -0.377 e. The molecule has 7 fully saturated rings. The van der Waals surface area contributed by atoms with Gasteiger partial charge in [-0.15, -0.1) is 0 Å². The van der Waals surface area contributed by atoms with Crippen LogP contribution in [0.2, 0.25) is 0 Å². The summed E-state index contributed by atoms with van der Waals surface area (Å²) >= 11 is 9.68. The predicted molar refractivity (Wildman–Crippen MR) is 135 cm³/mol. The number of ether oxygens (including phenoxy) is 2. The van der Waals surface area contributed by atoms with Gasteiger partial charge in [-0.05, 0) is 112 Å². The van der Waals surface area contributed by atoms with Crippen molar-refractivity contribution in [3.63, 3.8) is 0 Å². The summed E-state index contributed by atoms with van der Waals surface area (Å²) < 4.78 is 13.7. The van der Waals surface area contributed by atoms with Gasteiger partial charge in [-0.2, -0.15) is 25.3 Å². The van der Waals surface area contributed by atoms with Gasteiger partial charge in [0.15, 0.2) is 0 Å². The Morgan fingerprint density at radius 2 is 1.00 bits per heavy atom. The van der Waals surface area contributed by atoms with E-state index in [2.05, 4.69) is 0 Å². The Morgan fingerprint density at radius 1 is 0.531 bits per heavy atom. The van der Waals surface area contributed by atoms with Gasteiger partial charge in [0.25, 0.3) is 0 Å². The molecule has 7 rings (SSSR count). The second kappa shape index (κ2) is 8.34. The van der Waals surface area contributed by atoms with Gasteiger partial charge >= 0.3 is 0 Å². The van der Waals surface area contributed by atoms with Crippen LogP contribution in [-0.2, 0) is 9.47 Å². The van der Waals surface area contributed by atoms with Gasteiger partial charge < -0.3 is 9.47 Å². The Balaban J connectivity index is 0.978. The smallest absolute Gasteiger partial charge is 0.0609 e. The maximum atomic E-state index is 6.87. The molecule has 4 heteroatoms. The van der Waals surface area contributed by atoms with Gasteiger partial charge in [-0.1, -0.05) is 19.3 Å². The summed E-state index contributed by atoms with van der Waals surface area (Å²) in [4.78, 5) is 0. The summed E-state index contributed by atoms with van der Waals surface area (Å²) in [6.07, 6.45) is 18.9. The third kappa shape index (κ3) is 3.58. The molecule has 32 heavy (non-hydrogen) atoms. The Labute approximate surface area is 206 Å². The van der Waals surface area contributed by atoms with Crippen LogP contribution in [0.5, 0.6) is 0 Å². The van der Waals surface area contributed by atoms with Crippen LogP contribution in [0.25, 0.3) is 0 Å². The summed E-state index contributed by atoms with van der Waals surface area (Å²) in [5.41, 5.74) is 0.296. The fraction of sp³-hybridized carbons (Fsp3) is 1.00. The Kier molecular flexibility index (Phi) is 5.70. The van der Waals surface area contributed by atoms with E-state index in [1.54, 1.807) is 0 Å². The highest BCUT2D eigenvalue weighted by Gasteiger charge is 2.57. The highest BCUT2D eigenvalue weighted by atomic mass is 32.1. The lowest BCUT2D eigenvalue weighted by molar-refractivity contribution is -0.112. The van der Waals surface area contributed by atoms with Crippen LogP contribution in [0.15, 0.2) is 0 Å². The molecule has 12 atom stereocenters. The zero-order valence-corrected chi connectivity index (χ0v) is 21.5. The highest BCUT2D eigenvalue weighted by molar-refractivity contribution is 7.81. The van der Waals surface area contributed by atoms with Crippen LogP contribution in [0, 0.1) is 52.8 Å². The zero-order valence-electron chi connectivity index (χ0n) is 19.7. The van der Waals surface area contributed by atoms with E-state index in [1.165, 1.54) is 83.5 Å². The maximum absolute atomic E-state index is 6.87. The van der Waals surface area contributed by atoms with Crippen LogP contribution < -0.4 is 0 Å². The number of hydrogen-bond donors (Lipinski definition) is 2. The van der Waals surface area contributed by atoms with Crippen LogP contribution in [0.1, 0.15) is 83.5 Å². The molecule has 0 aromatic carbocycles. The molecule has 4 bridgehead atoms. The second-order valence-electron chi connectivity index (χ2n) is 13.5. The van der Waals surface area contributed by atoms with E-state index in [9.17, 15) is 0 Å². The van der Waals surface area contributed by atoms with Crippen molar-refractivity contribution < 1.29 is 9.47 Å². The van der Waals surface area contributed by atoms with Crippen molar-refractivity contribution in [1.82, 2.24) is 0 Å². The van der Waals surface area contributed by atoms with E-state index in [0.717, 1.165) is 60.6 Å². The molecule has 7 aliphatic carbocycles. The molecular weight excluding hydrogens is 432 g/mol. The third-order valence-corrected chi connectivity index (χ3v) is 12.7. The molecule has 0 N–H and O–H groups in total. The minimum atomic E-state index is 0.296. The van der Waals surface area contributed by atoms with Crippen LogP contribution in [-0.4, -0.2) is 35.9 Å². The summed E-state index contributed by atoms with van der Waals surface area (Å²) in [5.74, 6) is 7.34. The fourth-order valence-electron chi connectivity index (χ4n) is 10.5. The average Bonchev–Trinajstić information content (AvgIpc) is 3.58. The molecule has 7 aliphatic rings.